The molecule has 3 aromatic rings. The molecular formula is C22H17F7N4O2. The molecule has 3 heterocycles. The van der Waals surface area contributed by atoms with Crippen molar-refractivity contribution in [2.24, 2.45) is 0 Å². The van der Waals surface area contributed by atoms with Gasteiger partial charge in [-0.15, -0.1) is 0 Å². The molecule has 1 aliphatic rings. The molecule has 1 N–H and O–H groups in total. The Labute approximate surface area is 193 Å². The highest BCUT2D eigenvalue weighted by atomic mass is 19.4. The molecule has 1 aromatic carbocycles. The Hall–Kier alpha value is -3.64. The van der Waals surface area contributed by atoms with E-state index in [0.717, 1.165) is 0 Å². The minimum absolute atomic E-state index is 0.0155. The van der Waals surface area contributed by atoms with Gasteiger partial charge in [-0.25, -0.2) is 22.5 Å². The molecule has 35 heavy (non-hydrogen) atoms. The summed E-state index contributed by atoms with van der Waals surface area (Å²) in [7, 11) is 0. The van der Waals surface area contributed by atoms with Gasteiger partial charge in [0.1, 0.15) is 35.1 Å². The molecule has 1 aliphatic heterocycles. The van der Waals surface area contributed by atoms with Crippen LogP contribution in [0, 0.1) is 17.5 Å². The molecule has 0 bridgehead atoms. The summed E-state index contributed by atoms with van der Waals surface area (Å²) in [6.07, 6.45) is -5.81. The maximum atomic E-state index is 14.7. The number of amides is 1. The van der Waals surface area contributed by atoms with E-state index in [1.807, 2.05) is 0 Å². The first-order chi connectivity index (χ1) is 16.4. The van der Waals surface area contributed by atoms with Crippen molar-refractivity contribution in [2.45, 2.75) is 31.7 Å². The number of fused-ring (bicyclic) bond motifs is 1. The second-order valence-electron chi connectivity index (χ2n) is 7.98. The van der Waals surface area contributed by atoms with E-state index in [4.69, 9.17) is 0 Å². The van der Waals surface area contributed by atoms with Crippen LogP contribution in [0.2, 0.25) is 0 Å². The number of benzene rings is 1. The van der Waals surface area contributed by atoms with Gasteiger partial charge in [0, 0.05) is 18.3 Å². The van der Waals surface area contributed by atoms with Gasteiger partial charge < -0.3 is 10.2 Å². The van der Waals surface area contributed by atoms with Crippen LogP contribution in [0.4, 0.5) is 36.6 Å². The minimum atomic E-state index is -4.81. The lowest BCUT2D eigenvalue weighted by Gasteiger charge is -2.35. The van der Waals surface area contributed by atoms with Gasteiger partial charge in [0.15, 0.2) is 17.3 Å². The Kier molecular flexibility index (Phi) is 6.20. The second kappa shape index (κ2) is 8.86. The predicted molar refractivity (Wildman–Crippen MR) is 112 cm³/mol. The number of carbonyl (C=O) groups is 1. The van der Waals surface area contributed by atoms with Gasteiger partial charge in [-0.05, 0) is 18.6 Å². The lowest BCUT2D eigenvalue weighted by molar-refractivity contribution is -0.153. The third kappa shape index (κ3) is 4.54. The second-order valence-corrected chi connectivity index (χ2v) is 7.98. The molecule has 0 aliphatic carbocycles. The van der Waals surface area contributed by atoms with Crippen molar-refractivity contribution in [3.05, 3.63) is 63.7 Å². The Morgan fingerprint density at radius 3 is 2.34 bits per heavy atom. The summed E-state index contributed by atoms with van der Waals surface area (Å²) in [6, 6.07) is 0.902. The number of aromatic nitrogens is 2. The quantitative estimate of drug-likeness (QED) is 0.536. The van der Waals surface area contributed by atoms with Gasteiger partial charge in [0.05, 0.1) is 18.5 Å². The molecule has 6 nitrogen and oxygen atoms in total. The van der Waals surface area contributed by atoms with Crippen molar-refractivity contribution in [1.82, 2.24) is 14.9 Å². The Morgan fingerprint density at radius 1 is 1.17 bits per heavy atom. The Bertz CT molecular complexity index is 1340. The molecule has 1 atom stereocenters. The average Bonchev–Trinajstić information content (AvgIpc) is 2.74. The van der Waals surface area contributed by atoms with E-state index >= 15 is 0 Å². The third-order valence-corrected chi connectivity index (χ3v) is 5.57. The van der Waals surface area contributed by atoms with E-state index in [1.54, 1.807) is 5.32 Å². The predicted octanol–water partition coefficient (Wildman–Crippen LogP) is 4.03. The van der Waals surface area contributed by atoms with Gasteiger partial charge in [0.25, 0.3) is 5.91 Å². The van der Waals surface area contributed by atoms with Crippen LogP contribution >= 0.6 is 0 Å². The van der Waals surface area contributed by atoms with Crippen LogP contribution in [0.25, 0.3) is 16.7 Å². The number of carbonyl (C=O) groups excluding carboxylic acids is 1. The molecular weight excluding hydrogens is 485 g/mol. The monoisotopic (exact) mass is 502 g/mol. The highest BCUT2D eigenvalue weighted by molar-refractivity contribution is 5.97. The maximum absolute atomic E-state index is 14.7. The zero-order valence-corrected chi connectivity index (χ0v) is 18.0. The fraction of sp³-hybridized carbons (Fsp3) is 0.318. The fourth-order valence-corrected chi connectivity index (χ4v) is 3.73. The van der Waals surface area contributed by atoms with Gasteiger partial charge in [-0.2, -0.15) is 13.2 Å². The molecule has 2 aromatic heterocycles. The summed E-state index contributed by atoms with van der Waals surface area (Å²) in [5.74, 6) is -5.35. The number of alkyl halides is 4. The van der Waals surface area contributed by atoms with Crippen LogP contribution in [-0.4, -0.2) is 46.9 Å². The van der Waals surface area contributed by atoms with Crippen LogP contribution in [0.15, 0.2) is 35.3 Å². The highest BCUT2D eigenvalue weighted by Crippen LogP contribution is 2.27. The van der Waals surface area contributed by atoms with E-state index in [9.17, 15) is 40.3 Å². The molecule has 1 amide bonds. The van der Waals surface area contributed by atoms with E-state index in [-0.39, 0.29) is 29.9 Å². The lowest BCUT2D eigenvalue weighted by Crippen LogP contribution is -2.48. The zero-order chi connectivity index (χ0) is 25.7. The number of nitrogens with zero attached hydrogens (tertiary/aromatic N) is 3. The molecule has 1 saturated heterocycles. The summed E-state index contributed by atoms with van der Waals surface area (Å²) >= 11 is 0. The Balaban J connectivity index is 1.94. The summed E-state index contributed by atoms with van der Waals surface area (Å²) in [6.45, 7) is 1.14. The number of rotatable bonds is 5. The summed E-state index contributed by atoms with van der Waals surface area (Å²) < 4.78 is 96.2. The zero-order valence-electron chi connectivity index (χ0n) is 18.0. The van der Waals surface area contributed by atoms with Crippen molar-refractivity contribution in [1.29, 1.82) is 0 Å². The molecule has 0 spiro atoms. The van der Waals surface area contributed by atoms with Crippen molar-refractivity contribution in [2.75, 3.05) is 18.0 Å². The summed E-state index contributed by atoms with van der Waals surface area (Å²) in [5.41, 5.74) is -3.16. The van der Waals surface area contributed by atoms with Crippen molar-refractivity contribution in [3.63, 3.8) is 0 Å². The number of anilines is 1. The average molecular weight is 502 g/mol. The highest BCUT2D eigenvalue weighted by Gasteiger charge is 2.40. The molecule has 1 unspecified atom stereocenters. The van der Waals surface area contributed by atoms with Crippen LogP contribution < -0.4 is 15.6 Å². The van der Waals surface area contributed by atoms with Gasteiger partial charge >= 0.3 is 6.18 Å². The lowest BCUT2D eigenvalue weighted by atomic mass is 10.1. The van der Waals surface area contributed by atoms with Crippen LogP contribution in [0.5, 0.6) is 0 Å². The first-order valence-corrected chi connectivity index (χ1v) is 10.4. The van der Waals surface area contributed by atoms with Crippen LogP contribution in [-0.2, 0) is 0 Å². The molecule has 0 saturated carbocycles. The number of halogens is 7. The Morgan fingerprint density at radius 2 is 1.80 bits per heavy atom. The molecule has 0 radical (unpaired) electrons. The van der Waals surface area contributed by atoms with Crippen molar-refractivity contribution >= 4 is 22.8 Å². The summed E-state index contributed by atoms with van der Waals surface area (Å²) in [5, 5.41) is 1.36. The van der Waals surface area contributed by atoms with Crippen LogP contribution in [0.1, 0.15) is 23.7 Å². The smallest absolute Gasteiger partial charge is 0.351 e. The first-order valence-electron chi connectivity index (χ1n) is 10.4. The molecule has 13 heteroatoms. The van der Waals surface area contributed by atoms with Gasteiger partial charge in [0.2, 0.25) is 5.43 Å². The van der Waals surface area contributed by atoms with Crippen LogP contribution in [0.3, 0.4) is 0 Å². The number of nitrogens with one attached hydrogen (secondary N) is 1. The van der Waals surface area contributed by atoms with E-state index in [2.05, 4.69) is 4.98 Å². The SMILES string of the molecule is CCC(NC(=O)c1cn(-c2c(F)cc(F)cc2F)c2nc(N3CC(F)C3)ccc2c1=O)C(F)(F)F. The topological polar surface area (TPSA) is 67.2 Å². The molecule has 1 fully saturated rings. The van der Waals surface area contributed by atoms with Gasteiger partial charge in [-0.1, -0.05) is 6.92 Å². The first kappa shape index (κ1) is 24.5. The van der Waals surface area contributed by atoms with E-state index < -0.39 is 64.8 Å². The number of pyridine rings is 2. The van der Waals surface area contributed by atoms with Crippen molar-refractivity contribution < 1.29 is 35.5 Å². The minimum Gasteiger partial charge on any atom is -0.351 e. The molecule has 186 valence electrons. The largest absolute Gasteiger partial charge is 0.408 e. The normalized spacial score (nSPS) is 15.3. The third-order valence-electron chi connectivity index (χ3n) is 5.57. The molecule has 4 rings (SSSR count). The van der Waals surface area contributed by atoms with E-state index in [0.29, 0.717) is 22.9 Å². The summed E-state index contributed by atoms with van der Waals surface area (Å²) in [4.78, 5) is 31.3. The maximum Gasteiger partial charge on any atom is 0.408 e. The number of hydrogen-bond acceptors (Lipinski definition) is 4. The fourth-order valence-electron chi connectivity index (χ4n) is 3.73. The van der Waals surface area contributed by atoms with E-state index in [1.165, 1.54) is 24.0 Å². The standard InChI is InChI=1S/C22H17F7N4O2/c1-2-16(22(27,28)29)30-21(35)13-9-33(18-14(25)5-10(23)6-15(18)26)20-12(19(13)34)3-4-17(31-20)32-7-11(24)8-32/h3-6,9,11,16H,2,7-8H2,1H3,(H,30,35). The number of hydrogen-bond donors (Lipinski definition) is 1. The van der Waals surface area contributed by atoms with Gasteiger partial charge in [-0.3, -0.25) is 14.2 Å². The van der Waals surface area contributed by atoms with Crippen molar-refractivity contribution in [3.8, 4) is 5.69 Å².